The van der Waals surface area contributed by atoms with Crippen molar-refractivity contribution in [2.45, 2.75) is 25.4 Å². The van der Waals surface area contributed by atoms with Crippen molar-refractivity contribution in [3.05, 3.63) is 18.2 Å². The number of nitrogen functional groups attached to an aromatic ring is 1. The summed E-state index contributed by atoms with van der Waals surface area (Å²) in [4.78, 5) is 2.03. The van der Waals surface area contributed by atoms with Crippen molar-refractivity contribution in [3.63, 3.8) is 0 Å². The molecule has 1 aliphatic carbocycles. The topological polar surface area (TPSA) is 38.5 Å². The van der Waals surface area contributed by atoms with Gasteiger partial charge in [0.05, 0.1) is 11.8 Å². The highest BCUT2D eigenvalue weighted by molar-refractivity contribution is 5.64. The van der Waals surface area contributed by atoms with E-state index in [9.17, 15) is 0 Å². The van der Waals surface area contributed by atoms with Gasteiger partial charge in [-0.3, -0.25) is 0 Å². The maximum Gasteiger partial charge on any atom is 0.143 e. The summed E-state index contributed by atoms with van der Waals surface area (Å²) in [7, 11) is 4.00. The molecular formula is C12H18N2O. The normalized spacial score (nSPS) is 15.9. The predicted octanol–water partition coefficient (Wildman–Crippen LogP) is 2.27. The largest absolute Gasteiger partial charge is 0.488 e. The molecule has 0 bridgehead atoms. The smallest absolute Gasteiger partial charge is 0.143 e. The lowest BCUT2D eigenvalue weighted by atomic mass is 9.96. The Balaban J connectivity index is 2.20. The van der Waals surface area contributed by atoms with Crippen molar-refractivity contribution >= 4 is 11.4 Å². The van der Waals surface area contributed by atoms with Gasteiger partial charge in [0.25, 0.3) is 0 Å². The lowest BCUT2D eigenvalue weighted by Crippen LogP contribution is -2.25. The maximum absolute atomic E-state index is 5.90. The van der Waals surface area contributed by atoms with Crippen LogP contribution >= 0.6 is 0 Å². The first kappa shape index (κ1) is 10.1. The minimum atomic E-state index is 0.410. The van der Waals surface area contributed by atoms with Crippen molar-refractivity contribution in [2.24, 2.45) is 0 Å². The Morgan fingerprint density at radius 3 is 2.60 bits per heavy atom. The van der Waals surface area contributed by atoms with E-state index in [1.807, 2.05) is 37.2 Å². The van der Waals surface area contributed by atoms with Gasteiger partial charge in [0.1, 0.15) is 5.75 Å². The number of nitrogens with two attached hydrogens (primary N) is 1. The summed E-state index contributed by atoms with van der Waals surface area (Å²) >= 11 is 0. The average Bonchev–Trinajstić information content (AvgIpc) is 2.12. The highest BCUT2D eigenvalue weighted by Crippen LogP contribution is 2.33. The van der Waals surface area contributed by atoms with Crippen LogP contribution in [0.5, 0.6) is 5.75 Å². The first-order valence-electron chi connectivity index (χ1n) is 5.40. The maximum atomic E-state index is 5.90. The van der Waals surface area contributed by atoms with Crippen LogP contribution in [0.3, 0.4) is 0 Å². The Morgan fingerprint density at radius 1 is 1.33 bits per heavy atom. The minimum absolute atomic E-state index is 0.410. The molecule has 3 nitrogen and oxygen atoms in total. The number of hydrogen-bond donors (Lipinski definition) is 1. The first-order valence-corrected chi connectivity index (χ1v) is 5.40. The number of hydrogen-bond acceptors (Lipinski definition) is 3. The molecule has 2 N–H and O–H groups in total. The van der Waals surface area contributed by atoms with Crippen LogP contribution in [0.15, 0.2) is 18.2 Å². The molecule has 1 saturated carbocycles. The Bertz CT molecular complexity index is 345. The monoisotopic (exact) mass is 206 g/mol. The summed E-state index contributed by atoms with van der Waals surface area (Å²) in [6.07, 6.45) is 4.05. The van der Waals surface area contributed by atoms with Crippen molar-refractivity contribution in [1.29, 1.82) is 0 Å². The average molecular weight is 206 g/mol. The second kappa shape index (κ2) is 4.01. The van der Waals surface area contributed by atoms with E-state index in [4.69, 9.17) is 10.5 Å². The summed E-state index contributed by atoms with van der Waals surface area (Å²) in [6, 6.07) is 5.80. The van der Waals surface area contributed by atoms with Crippen LogP contribution < -0.4 is 15.4 Å². The zero-order chi connectivity index (χ0) is 10.8. The number of ether oxygens (including phenoxy) is 1. The molecule has 0 saturated heterocycles. The molecule has 3 heteroatoms. The number of anilines is 2. The molecule has 0 heterocycles. The summed E-state index contributed by atoms with van der Waals surface area (Å²) in [6.45, 7) is 0. The van der Waals surface area contributed by atoms with E-state index in [1.54, 1.807) is 0 Å². The Hall–Kier alpha value is -1.38. The molecule has 0 spiro atoms. The molecular weight excluding hydrogens is 188 g/mol. The molecule has 0 aliphatic heterocycles. The van der Waals surface area contributed by atoms with E-state index < -0.39 is 0 Å². The minimum Gasteiger partial charge on any atom is -0.488 e. The predicted molar refractivity (Wildman–Crippen MR) is 63.4 cm³/mol. The third-order valence-corrected chi connectivity index (χ3v) is 2.81. The van der Waals surface area contributed by atoms with Gasteiger partial charge in [0.15, 0.2) is 0 Å². The Labute approximate surface area is 90.8 Å². The third-order valence-electron chi connectivity index (χ3n) is 2.81. The molecule has 1 aromatic carbocycles. The van der Waals surface area contributed by atoms with Crippen molar-refractivity contribution in [1.82, 2.24) is 0 Å². The van der Waals surface area contributed by atoms with Crippen LogP contribution in [-0.4, -0.2) is 20.2 Å². The van der Waals surface area contributed by atoms with Gasteiger partial charge in [-0.05, 0) is 37.5 Å². The lowest BCUT2D eigenvalue weighted by molar-refractivity contribution is 0.121. The van der Waals surface area contributed by atoms with Gasteiger partial charge in [0.2, 0.25) is 0 Å². The van der Waals surface area contributed by atoms with Crippen LogP contribution in [0, 0.1) is 0 Å². The second-order valence-electron chi connectivity index (χ2n) is 4.29. The summed E-state index contributed by atoms with van der Waals surface area (Å²) in [5, 5.41) is 0. The van der Waals surface area contributed by atoms with E-state index in [0.717, 1.165) is 17.1 Å². The van der Waals surface area contributed by atoms with E-state index >= 15 is 0 Å². The molecule has 15 heavy (non-hydrogen) atoms. The number of rotatable bonds is 3. The molecule has 1 aromatic rings. The zero-order valence-corrected chi connectivity index (χ0v) is 9.36. The van der Waals surface area contributed by atoms with Crippen LogP contribution in [0.25, 0.3) is 0 Å². The molecule has 1 fully saturated rings. The van der Waals surface area contributed by atoms with Gasteiger partial charge in [-0.25, -0.2) is 0 Å². The zero-order valence-electron chi connectivity index (χ0n) is 9.36. The van der Waals surface area contributed by atoms with Gasteiger partial charge in [0, 0.05) is 19.8 Å². The van der Waals surface area contributed by atoms with Crippen LogP contribution in [0.2, 0.25) is 0 Å². The summed E-state index contributed by atoms with van der Waals surface area (Å²) < 4.78 is 5.90. The SMILES string of the molecule is CN(C)c1cc(N)ccc1OC1CCC1. The van der Waals surface area contributed by atoms with Crippen molar-refractivity contribution in [3.8, 4) is 5.75 Å². The van der Waals surface area contributed by atoms with E-state index in [-0.39, 0.29) is 0 Å². The van der Waals surface area contributed by atoms with Gasteiger partial charge in [-0.15, -0.1) is 0 Å². The molecule has 0 amide bonds. The molecule has 2 rings (SSSR count). The first-order chi connectivity index (χ1) is 7.16. The molecule has 82 valence electrons. The van der Waals surface area contributed by atoms with Gasteiger partial charge >= 0.3 is 0 Å². The third kappa shape index (κ3) is 2.17. The standard InChI is InChI=1S/C12H18N2O/c1-14(2)11-8-9(13)6-7-12(11)15-10-4-3-5-10/h6-8,10H,3-5,13H2,1-2H3. The highest BCUT2D eigenvalue weighted by atomic mass is 16.5. The molecule has 0 radical (unpaired) electrons. The quantitative estimate of drug-likeness (QED) is 0.771. The summed E-state index contributed by atoms with van der Waals surface area (Å²) in [5.74, 6) is 0.943. The molecule has 1 aliphatic rings. The van der Waals surface area contributed by atoms with Crippen LogP contribution in [0.4, 0.5) is 11.4 Å². The van der Waals surface area contributed by atoms with Gasteiger partial charge in [-0.2, -0.15) is 0 Å². The fourth-order valence-corrected chi connectivity index (χ4v) is 1.65. The highest BCUT2D eigenvalue weighted by Gasteiger charge is 2.20. The Kier molecular flexibility index (Phi) is 2.71. The van der Waals surface area contributed by atoms with Crippen molar-refractivity contribution in [2.75, 3.05) is 24.7 Å². The van der Waals surface area contributed by atoms with Crippen molar-refractivity contribution < 1.29 is 4.74 Å². The van der Waals surface area contributed by atoms with E-state index in [1.165, 1.54) is 19.3 Å². The summed E-state index contributed by atoms with van der Waals surface area (Å²) in [5.41, 5.74) is 7.60. The van der Waals surface area contributed by atoms with E-state index in [0.29, 0.717) is 6.10 Å². The number of nitrogens with zero attached hydrogens (tertiary/aromatic N) is 1. The second-order valence-corrected chi connectivity index (χ2v) is 4.29. The molecule has 0 unspecified atom stereocenters. The fraction of sp³-hybridized carbons (Fsp3) is 0.500. The molecule has 0 aromatic heterocycles. The van der Waals surface area contributed by atoms with Crippen LogP contribution in [-0.2, 0) is 0 Å². The molecule has 0 atom stereocenters. The Morgan fingerprint density at radius 2 is 2.07 bits per heavy atom. The number of benzene rings is 1. The van der Waals surface area contributed by atoms with E-state index in [2.05, 4.69) is 0 Å². The van der Waals surface area contributed by atoms with Crippen LogP contribution in [0.1, 0.15) is 19.3 Å². The van der Waals surface area contributed by atoms with Gasteiger partial charge < -0.3 is 15.4 Å². The fourth-order valence-electron chi connectivity index (χ4n) is 1.65. The van der Waals surface area contributed by atoms with Gasteiger partial charge in [-0.1, -0.05) is 0 Å². The lowest BCUT2D eigenvalue weighted by Gasteiger charge is -2.28.